The average Bonchev–Trinajstić information content (AvgIpc) is 2.88. The molecule has 2 heterocycles. The molecule has 3 atom stereocenters. The van der Waals surface area contributed by atoms with Gasteiger partial charge < -0.3 is 19.3 Å². The summed E-state index contributed by atoms with van der Waals surface area (Å²) in [5.74, 6) is 1.42. The second kappa shape index (κ2) is 4.93. The number of aliphatic hydroxyl groups excluding tert-OH is 1. The van der Waals surface area contributed by atoms with Crippen molar-refractivity contribution in [2.45, 2.75) is 18.4 Å². The van der Waals surface area contributed by atoms with Gasteiger partial charge in [0, 0.05) is 11.8 Å². The van der Waals surface area contributed by atoms with Gasteiger partial charge in [0.1, 0.15) is 17.6 Å². The van der Waals surface area contributed by atoms with Crippen molar-refractivity contribution in [1.29, 1.82) is 0 Å². The summed E-state index contributed by atoms with van der Waals surface area (Å²) in [6.07, 6.45) is 3.92. The van der Waals surface area contributed by atoms with E-state index in [9.17, 15) is 9.90 Å². The number of carbonyl (C=O) groups is 1. The van der Waals surface area contributed by atoms with Crippen molar-refractivity contribution >= 4 is 5.91 Å². The van der Waals surface area contributed by atoms with Crippen LogP contribution in [0, 0.1) is 5.92 Å². The summed E-state index contributed by atoms with van der Waals surface area (Å²) in [5.41, 5.74) is 0. The predicted octanol–water partition coefficient (Wildman–Crippen LogP) is 1.83. The average molecular weight is 261 g/mol. The molecule has 0 aliphatic heterocycles. The number of furan rings is 2. The Morgan fingerprint density at radius 2 is 2.16 bits per heavy atom. The number of hydrogen-bond donors (Lipinski definition) is 2. The van der Waals surface area contributed by atoms with Gasteiger partial charge in [-0.15, -0.1) is 0 Å². The first-order chi connectivity index (χ1) is 9.29. The molecular weight excluding hydrogens is 246 g/mol. The van der Waals surface area contributed by atoms with Gasteiger partial charge >= 0.3 is 0 Å². The van der Waals surface area contributed by atoms with E-state index in [1.807, 2.05) is 12.1 Å². The van der Waals surface area contributed by atoms with Gasteiger partial charge in [0.2, 0.25) is 5.91 Å². The molecule has 1 aliphatic carbocycles. The van der Waals surface area contributed by atoms with Crippen molar-refractivity contribution < 1.29 is 18.7 Å². The van der Waals surface area contributed by atoms with E-state index in [1.54, 1.807) is 18.4 Å². The Balaban J connectivity index is 1.60. The normalized spacial score (nSPS) is 23.0. The van der Waals surface area contributed by atoms with Crippen molar-refractivity contribution in [2.75, 3.05) is 6.61 Å². The quantitative estimate of drug-likeness (QED) is 0.861. The predicted molar refractivity (Wildman–Crippen MR) is 66.2 cm³/mol. The maximum absolute atomic E-state index is 12.1. The van der Waals surface area contributed by atoms with Crippen LogP contribution in [0.5, 0.6) is 0 Å². The zero-order chi connectivity index (χ0) is 13.2. The van der Waals surface area contributed by atoms with E-state index in [-0.39, 0.29) is 24.3 Å². The summed E-state index contributed by atoms with van der Waals surface area (Å²) in [5, 5.41) is 12.1. The summed E-state index contributed by atoms with van der Waals surface area (Å²) < 4.78 is 10.5. The molecule has 100 valence electrons. The van der Waals surface area contributed by atoms with E-state index in [1.165, 1.54) is 6.26 Å². The fraction of sp³-hybridized carbons (Fsp3) is 0.357. The minimum atomic E-state index is -0.486. The van der Waals surface area contributed by atoms with Gasteiger partial charge in [-0.05, 0) is 30.7 Å². The molecule has 19 heavy (non-hydrogen) atoms. The van der Waals surface area contributed by atoms with E-state index in [0.29, 0.717) is 5.76 Å². The molecule has 2 N–H and O–H groups in total. The molecule has 0 spiro atoms. The second-order valence-corrected chi connectivity index (χ2v) is 4.72. The van der Waals surface area contributed by atoms with Gasteiger partial charge in [-0.2, -0.15) is 0 Å². The molecule has 0 aromatic carbocycles. The Bertz CT molecular complexity index is 532. The lowest BCUT2D eigenvalue weighted by atomic mass is 10.2. The van der Waals surface area contributed by atoms with Gasteiger partial charge in [-0.3, -0.25) is 4.79 Å². The molecule has 2 aromatic rings. The van der Waals surface area contributed by atoms with E-state index >= 15 is 0 Å². The third-order valence-electron chi connectivity index (χ3n) is 3.42. The molecule has 3 rings (SSSR count). The highest BCUT2D eigenvalue weighted by Crippen LogP contribution is 2.47. The van der Waals surface area contributed by atoms with E-state index in [4.69, 9.17) is 8.83 Å². The second-order valence-electron chi connectivity index (χ2n) is 4.72. The number of aliphatic hydroxyl groups is 1. The van der Waals surface area contributed by atoms with Crippen molar-refractivity contribution in [3.05, 3.63) is 48.3 Å². The first-order valence-corrected chi connectivity index (χ1v) is 6.27. The first kappa shape index (κ1) is 12.0. The van der Waals surface area contributed by atoms with Crippen molar-refractivity contribution in [3.63, 3.8) is 0 Å². The van der Waals surface area contributed by atoms with E-state index < -0.39 is 6.04 Å². The highest BCUT2D eigenvalue weighted by molar-refractivity contribution is 5.83. The number of rotatable bonds is 5. The molecule has 1 aliphatic rings. The molecule has 0 radical (unpaired) electrons. The molecule has 0 saturated heterocycles. The van der Waals surface area contributed by atoms with Gasteiger partial charge in [0.05, 0.1) is 19.1 Å². The largest absolute Gasteiger partial charge is 0.469 e. The van der Waals surface area contributed by atoms with E-state index in [0.717, 1.165) is 12.2 Å². The van der Waals surface area contributed by atoms with Crippen LogP contribution < -0.4 is 5.32 Å². The maximum Gasteiger partial charge on any atom is 0.224 e. The highest BCUT2D eigenvalue weighted by Gasteiger charge is 2.46. The topological polar surface area (TPSA) is 75.6 Å². The lowest BCUT2D eigenvalue weighted by Gasteiger charge is -2.13. The van der Waals surface area contributed by atoms with Crippen LogP contribution in [-0.4, -0.2) is 17.6 Å². The van der Waals surface area contributed by atoms with Gasteiger partial charge in [0.15, 0.2) is 0 Å². The lowest BCUT2D eigenvalue weighted by Crippen LogP contribution is -2.32. The maximum atomic E-state index is 12.1. The minimum absolute atomic E-state index is 0.0724. The van der Waals surface area contributed by atoms with Crippen LogP contribution in [0.1, 0.15) is 29.9 Å². The first-order valence-electron chi connectivity index (χ1n) is 6.27. The van der Waals surface area contributed by atoms with Crippen molar-refractivity contribution in [2.24, 2.45) is 5.92 Å². The molecule has 2 aromatic heterocycles. The Kier molecular flexibility index (Phi) is 3.13. The highest BCUT2D eigenvalue weighted by atomic mass is 16.3. The SMILES string of the molecule is O=C(NC(CO)c1ccco1)C1CC1c1ccco1. The number of hydrogen-bond acceptors (Lipinski definition) is 4. The standard InChI is InChI=1S/C14H15NO4/c16-8-11(13-4-2-6-19-13)15-14(17)10-7-9(10)12-3-1-5-18-12/h1-6,9-11,16H,7-8H2,(H,15,17). The Labute approximate surface area is 110 Å². The molecule has 0 bridgehead atoms. The fourth-order valence-corrected chi connectivity index (χ4v) is 2.28. The minimum Gasteiger partial charge on any atom is -0.469 e. The van der Waals surface area contributed by atoms with Crippen molar-refractivity contribution in [3.8, 4) is 0 Å². The molecule has 1 fully saturated rings. The molecule has 5 nitrogen and oxygen atoms in total. The lowest BCUT2D eigenvalue weighted by molar-refractivity contribution is -0.123. The van der Waals surface area contributed by atoms with Gasteiger partial charge in [-0.25, -0.2) is 0 Å². The van der Waals surface area contributed by atoms with Crippen LogP contribution in [0.2, 0.25) is 0 Å². The van der Waals surface area contributed by atoms with Crippen LogP contribution in [0.15, 0.2) is 45.6 Å². The van der Waals surface area contributed by atoms with Gasteiger partial charge in [-0.1, -0.05) is 0 Å². The smallest absolute Gasteiger partial charge is 0.224 e. The monoisotopic (exact) mass is 261 g/mol. The molecule has 5 heteroatoms. The molecular formula is C14H15NO4. The third kappa shape index (κ3) is 2.42. The van der Waals surface area contributed by atoms with Crippen LogP contribution >= 0.6 is 0 Å². The van der Waals surface area contributed by atoms with Crippen LogP contribution in [0.25, 0.3) is 0 Å². The molecule has 1 amide bonds. The van der Waals surface area contributed by atoms with E-state index in [2.05, 4.69) is 5.32 Å². The molecule has 3 unspecified atom stereocenters. The van der Waals surface area contributed by atoms with Gasteiger partial charge in [0.25, 0.3) is 0 Å². The Morgan fingerprint density at radius 1 is 1.37 bits per heavy atom. The fourth-order valence-electron chi connectivity index (χ4n) is 2.28. The van der Waals surface area contributed by atoms with Crippen LogP contribution in [0.4, 0.5) is 0 Å². The number of nitrogens with one attached hydrogen (secondary N) is 1. The summed E-state index contributed by atoms with van der Waals surface area (Å²) in [6.45, 7) is -0.183. The summed E-state index contributed by atoms with van der Waals surface area (Å²) >= 11 is 0. The summed E-state index contributed by atoms with van der Waals surface area (Å²) in [4.78, 5) is 12.1. The Morgan fingerprint density at radius 3 is 2.79 bits per heavy atom. The zero-order valence-electron chi connectivity index (χ0n) is 10.3. The Hall–Kier alpha value is -2.01. The van der Waals surface area contributed by atoms with Crippen LogP contribution in [0.3, 0.4) is 0 Å². The third-order valence-corrected chi connectivity index (χ3v) is 3.42. The van der Waals surface area contributed by atoms with Crippen molar-refractivity contribution in [1.82, 2.24) is 5.32 Å². The zero-order valence-corrected chi connectivity index (χ0v) is 10.3. The molecule has 1 saturated carbocycles. The summed E-state index contributed by atoms with van der Waals surface area (Å²) in [6, 6.07) is 6.68. The summed E-state index contributed by atoms with van der Waals surface area (Å²) in [7, 11) is 0. The number of carbonyl (C=O) groups excluding carboxylic acids is 1. The number of amides is 1. The van der Waals surface area contributed by atoms with Crippen LogP contribution in [-0.2, 0) is 4.79 Å².